The molecule has 0 spiro atoms. The highest BCUT2D eigenvalue weighted by Crippen LogP contribution is 2.20. The van der Waals surface area contributed by atoms with E-state index in [4.69, 9.17) is 0 Å². The van der Waals surface area contributed by atoms with Crippen molar-refractivity contribution in [3.63, 3.8) is 0 Å². The van der Waals surface area contributed by atoms with Gasteiger partial charge in [0.15, 0.2) is 0 Å². The van der Waals surface area contributed by atoms with Crippen LogP contribution in [0.4, 0.5) is 5.69 Å². The van der Waals surface area contributed by atoms with Gasteiger partial charge in [-0.3, -0.25) is 4.79 Å². The van der Waals surface area contributed by atoms with Crippen LogP contribution in [0.5, 0.6) is 0 Å². The molecule has 5 nitrogen and oxygen atoms in total. The number of para-hydroxylation sites is 1. The van der Waals surface area contributed by atoms with Gasteiger partial charge in [-0.05, 0) is 49.1 Å². The number of aryl methyl sites for hydroxylation is 3. The Balaban J connectivity index is 2.06. The molecular weight excluding hydrogens is 324 g/mol. The summed E-state index contributed by atoms with van der Waals surface area (Å²) in [6.45, 7) is 5.42. The number of rotatable bonds is 6. The molecular formula is C18H22N2O3S. The van der Waals surface area contributed by atoms with Gasteiger partial charge in [0, 0.05) is 5.69 Å². The highest BCUT2D eigenvalue weighted by Gasteiger charge is 2.16. The van der Waals surface area contributed by atoms with Crippen molar-refractivity contribution in [3.8, 4) is 0 Å². The Hall–Kier alpha value is -2.18. The highest BCUT2D eigenvalue weighted by atomic mass is 32.2. The normalized spacial score (nSPS) is 11.3. The highest BCUT2D eigenvalue weighted by molar-refractivity contribution is 7.89. The van der Waals surface area contributed by atoms with Gasteiger partial charge < -0.3 is 5.32 Å². The quantitative estimate of drug-likeness (QED) is 0.844. The summed E-state index contributed by atoms with van der Waals surface area (Å²) in [4.78, 5) is 12.3. The van der Waals surface area contributed by atoms with E-state index in [1.165, 1.54) is 6.07 Å². The van der Waals surface area contributed by atoms with Crippen LogP contribution in [0.3, 0.4) is 0 Å². The SMILES string of the molecule is CCc1cccc(C)c1NC(=O)CNS(=O)(=O)c1cccc(C)c1. The molecule has 2 rings (SSSR count). The molecule has 0 saturated carbocycles. The first-order valence-corrected chi connectivity index (χ1v) is 9.26. The van der Waals surface area contributed by atoms with Crippen LogP contribution in [0.15, 0.2) is 47.4 Å². The number of carbonyl (C=O) groups is 1. The molecule has 0 aliphatic carbocycles. The summed E-state index contributed by atoms with van der Waals surface area (Å²) in [6, 6.07) is 12.3. The summed E-state index contributed by atoms with van der Waals surface area (Å²) >= 11 is 0. The monoisotopic (exact) mass is 346 g/mol. The van der Waals surface area contributed by atoms with Crippen LogP contribution in [0.2, 0.25) is 0 Å². The minimum absolute atomic E-state index is 0.153. The minimum atomic E-state index is -3.71. The Morgan fingerprint density at radius 1 is 1.08 bits per heavy atom. The molecule has 1 amide bonds. The lowest BCUT2D eigenvalue weighted by molar-refractivity contribution is -0.115. The number of hydrogen-bond donors (Lipinski definition) is 2. The first-order chi connectivity index (χ1) is 11.3. The molecule has 0 fully saturated rings. The van der Waals surface area contributed by atoms with Gasteiger partial charge in [0.1, 0.15) is 0 Å². The molecule has 0 heterocycles. The van der Waals surface area contributed by atoms with Crippen molar-refractivity contribution in [1.29, 1.82) is 0 Å². The van der Waals surface area contributed by atoms with Crippen LogP contribution in [0.1, 0.15) is 23.6 Å². The second-order valence-electron chi connectivity index (χ2n) is 5.65. The van der Waals surface area contributed by atoms with Gasteiger partial charge in [0.25, 0.3) is 0 Å². The maximum atomic E-state index is 12.2. The summed E-state index contributed by atoms with van der Waals surface area (Å²) in [5.41, 5.74) is 3.56. The minimum Gasteiger partial charge on any atom is -0.324 e. The molecule has 6 heteroatoms. The van der Waals surface area contributed by atoms with Gasteiger partial charge in [-0.25, -0.2) is 13.1 Å². The predicted molar refractivity (Wildman–Crippen MR) is 95.6 cm³/mol. The molecule has 0 bridgehead atoms. The maximum Gasteiger partial charge on any atom is 0.241 e. The van der Waals surface area contributed by atoms with E-state index in [1.54, 1.807) is 12.1 Å². The van der Waals surface area contributed by atoms with Gasteiger partial charge in [-0.1, -0.05) is 37.3 Å². The largest absolute Gasteiger partial charge is 0.324 e. The fourth-order valence-corrected chi connectivity index (χ4v) is 3.50. The summed E-state index contributed by atoms with van der Waals surface area (Å²) in [5, 5.41) is 2.80. The van der Waals surface area contributed by atoms with Gasteiger partial charge >= 0.3 is 0 Å². The van der Waals surface area contributed by atoms with Crippen molar-refractivity contribution in [2.24, 2.45) is 0 Å². The van der Waals surface area contributed by atoms with E-state index in [-0.39, 0.29) is 11.4 Å². The Morgan fingerprint density at radius 3 is 2.46 bits per heavy atom. The Morgan fingerprint density at radius 2 is 1.79 bits per heavy atom. The zero-order valence-electron chi connectivity index (χ0n) is 14.1. The number of nitrogens with one attached hydrogen (secondary N) is 2. The Bertz CT molecular complexity index is 845. The van der Waals surface area contributed by atoms with E-state index in [9.17, 15) is 13.2 Å². The number of benzene rings is 2. The van der Waals surface area contributed by atoms with Crippen molar-refractivity contribution >= 4 is 21.6 Å². The smallest absolute Gasteiger partial charge is 0.241 e. The molecule has 2 aromatic rings. The van der Waals surface area contributed by atoms with Crippen LogP contribution in [0, 0.1) is 13.8 Å². The molecule has 0 radical (unpaired) electrons. The Labute approximate surface area is 143 Å². The molecule has 0 aliphatic rings. The lowest BCUT2D eigenvalue weighted by Gasteiger charge is -2.13. The number of carbonyl (C=O) groups excluding carboxylic acids is 1. The third-order valence-corrected chi connectivity index (χ3v) is 5.13. The van der Waals surface area contributed by atoms with Crippen molar-refractivity contribution < 1.29 is 13.2 Å². The van der Waals surface area contributed by atoms with Crippen molar-refractivity contribution in [2.75, 3.05) is 11.9 Å². The number of hydrogen-bond acceptors (Lipinski definition) is 3. The lowest BCUT2D eigenvalue weighted by Crippen LogP contribution is -2.33. The van der Waals surface area contributed by atoms with Gasteiger partial charge in [0.05, 0.1) is 11.4 Å². The number of amides is 1. The van der Waals surface area contributed by atoms with E-state index < -0.39 is 15.9 Å². The van der Waals surface area contributed by atoms with E-state index in [2.05, 4.69) is 10.0 Å². The predicted octanol–water partition coefficient (Wildman–Crippen LogP) is 2.78. The Kier molecular flexibility index (Phi) is 5.75. The van der Waals surface area contributed by atoms with Crippen molar-refractivity contribution in [1.82, 2.24) is 4.72 Å². The fourth-order valence-electron chi connectivity index (χ4n) is 2.41. The zero-order chi connectivity index (χ0) is 17.7. The lowest BCUT2D eigenvalue weighted by atomic mass is 10.1. The second-order valence-corrected chi connectivity index (χ2v) is 7.42. The molecule has 128 valence electrons. The number of sulfonamides is 1. The molecule has 0 unspecified atom stereocenters. The van der Waals surface area contributed by atoms with E-state index >= 15 is 0 Å². The second kappa shape index (κ2) is 7.59. The molecule has 0 aromatic heterocycles. The summed E-state index contributed by atoms with van der Waals surface area (Å²) in [7, 11) is -3.71. The van der Waals surface area contributed by atoms with E-state index in [1.807, 2.05) is 45.0 Å². The topological polar surface area (TPSA) is 75.3 Å². The molecule has 2 N–H and O–H groups in total. The van der Waals surface area contributed by atoms with Crippen LogP contribution >= 0.6 is 0 Å². The molecule has 2 aromatic carbocycles. The summed E-state index contributed by atoms with van der Waals surface area (Å²) in [6.07, 6.45) is 0.784. The van der Waals surface area contributed by atoms with Crippen LogP contribution in [0.25, 0.3) is 0 Å². The number of anilines is 1. The standard InChI is InChI=1S/C18H22N2O3S/c1-4-15-9-6-8-14(3)18(15)20-17(21)12-19-24(22,23)16-10-5-7-13(2)11-16/h5-11,19H,4,12H2,1-3H3,(H,20,21). The van der Waals surface area contributed by atoms with Crippen LogP contribution < -0.4 is 10.0 Å². The van der Waals surface area contributed by atoms with E-state index in [0.717, 1.165) is 28.8 Å². The van der Waals surface area contributed by atoms with Crippen molar-refractivity contribution in [2.45, 2.75) is 32.1 Å². The average molecular weight is 346 g/mol. The van der Waals surface area contributed by atoms with Crippen LogP contribution in [-0.2, 0) is 21.2 Å². The fraction of sp³-hybridized carbons (Fsp3) is 0.278. The molecule has 0 atom stereocenters. The zero-order valence-corrected chi connectivity index (χ0v) is 14.9. The molecule has 0 saturated heterocycles. The molecule has 24 heavy (non-hydrogen) atoms. The third kappa shape index (κ3) is 4.43. The first-order valence-electron chi connectivity index (χ1n) is 7.78. The van der Waals surface area contributed by atoms with Gasteiger partial charge in [-0.2, -0.15) is 0 Å². The molecule has 0 aliphatic heterocycles. The van der Waals surface area contributed by atoms with E-state index in [0.29, 0.717) is 0 Å². The van der Waals surface area contributed by atoms with Gasteiger partial charge in [0.2, 0.25) is 15.9 Å². The maximum absolute atomic E-state index is 12.2. The van der Waals surface area contributed by atoms with Crippen molar-refractivity contribution in [3.05, 3.63) is 59.2 Å². The summed E-state index contributed by atoms with van der Waals surface area (Å²) < 4.78 is 26.8. The van der Waals surface area contributed by atoms with Crippen LogP contribution in [-0.4, -0.2) is 20.9 Å². The summed E-state index contributed by atoms with van der Waals surface area (Å²) in [5.74, 6) is -0.393. The average Bonchev–Trinajstić information content (AvgIpc) is 2.55. The third-order valence-electron chi connectivity index (χ3n) is 3.73. The first kappa shape index (κ1) is 18.2. The van der Waals surface area contributed by atoms with Gasteiger partial charge in [-0.15, -0.1) is 0 Å².